The largest absolute Gasteiger partial charge is 0.633 e. The summed E-state index contributed by atoms with van der Waals surface area (Å²) in [7, 11) is 1.71. The summed E-state index contributed by atoms with van der Waals surface area (Å²) in [6.45, 7) is 5.39. The highest BCUT2D eigenvalue weighted by atomic mass is 16.5. The van der Waals surface area contributed by atoms with Crippen molar-refractivity contribution in [2.75, 3.05) is 20.1 Å². The molecule has 8 heavy (non-hydrogen) atoms. The van der Waals surface area contributed by atoms with E-state index in [1.54, 1.807) is 7.05 Å². The molecular formula is C6H15NO. The van der Waals surface area contributed by atoms with Crippen molar-refractivity contribution in [2.45, 2.75) is 20.3 Å². The molecule has 0 N–H and O–H groups in total. The molecule has 0 aliphatic carbocycles. The average molecular weight is 117 g/mol. The molecule has 0 saturated heterocycles. The minimum atomic E-state index is -0.0868. The van der Waals surface area contributed by atoms with Crippen LogP contribution in [0.4, 0.5) is 0 Å². The summed E-state index contributed by atoms with van der Waals surface area (Å²) >= 11 is 0. The molecule has 0 fully saturated rings. The minimum Gasteiger partial charge on any atom is -0.633 e. The van der Waals surface area contributed by atoms with Crippen molar-refractivity contribution in [2.24, 2.45) is 0 Å². The van der Waals surface area contributed by atoms with E-state index in [1.165, 1.54) is 0 Å². The van der Waals surface area contributed by atoms with Crippen molar-refractivity contribution in [1.82, 2.24) is 0 Å². The van der Waals surface area contributed by atoms with E-state index in [-0.39, 0.29) is 4.65 Å². The molecule has 0 rings (SSSR count). The zero-order chi connectivity index (χ0) is 6.62. The molecule has 0 bridgehead atoms. The highest BCUT2D eigenvalue weighted by Crippen LogP contribution is 1.97. The van der Waals surface area contributed by atoms with E-state index in [0.29, 0.717) is 6.54 Å². The number of hydrogen-bond donors (Lipinski definition) is 0. The molecule has 0 aromatic carbocycles. The molecule has 0 heterocycles. The van der Waals surface area contributed by atoms with Crippen LogP contribution in [0.25, 0.3) is 0 Å². The third-order valence-electron chi connectivity index (χ3n) is 1.37. The van der Waals surface area contributed by atoms with E-state index < -0.39 is 0 Å². The van der Waals surface area contributed by atoms with Gasteiger partial charge < -0.3 is 9.85 Å². The molecule has 0 amide bonds. The highest BCUT2D eigenvalue weighted by Gasteiger charge is 2.01. The Kier molecular flexibility index (Phi) is 3.02. The van der Waals surface area contributed by atoms with Gasteiger partial charge in [-0.1, -0.05) is 6.92 Å². The molecule has 1 atom stereocenters. The fraction of sp³-hybridized carbons (Fsp3) is 1.00. The molecule has 50 valence electrons. The van der Waals surface area contributed by atoms with Crippen molar-refractivity contribution in [3.63, 3.8) is 0 Å². The van der Waals surface area contributed by atoms with Crippen molar-refractivity contribution in [1.29, 1.82) is 0 Å². The van der Waals surface area contributed by atoms with Crippen molar-refractivity contribution < 1.29 is 4.65 Å². The number of nitrogens with zero attached hydrogens (tertiary/aromatic N) is 1. The van der Waals surface area contributed by atoms with Gasteiger partial charge in [-0.25, -0.2) is 0 Å². The van der Waals surface area contributed by atoms with Gasteiger partial charge in [0.2, 0.25) is 0 Å². The molecule has 0 aliphatic heterocycles. The second-order valence-electron chi connectivity index (χ2n) is 2.34. The third kappa shape index (κ3) is 2.99. The Morgan fingerprint density at radius 3 is 2.00 bits per heavy atom. The summed E-state index contributed by atoms with van der Waals surface area (Å²) in [4.78, 5) is 0. The first-order valence-electron chi connectivity index (χ1n) is 3.18. The van der Waals surface area contributed by atoms with E-state index in [0.717, 1.165) is 13.0 Å². The van der Waals surface area contributed by atoms with Crippen LogP contribution >= 0.6 is 0 Å². The molecule has 2 heteroatoms. The van der Waals surface area contributed by atoms with Crippen LogP contribution < -0.4 is 0 Å². The van der Waals surface area contributed by atoms with Gasteiger partial charge in [0, 0.05) is 0 Å². The van der Waals surface area contributed by atoms with E-state index in [9.17, 15) is 5.21 Å². The normalized spacial score (nSPS) is 18.0. The standard InChI is InChI=1S/C6H15NO/c1-4-6-7(3,8)5-2/h4-6H2,1-3H3/t7-/m1/s1. The first-order chi connectivity index (χ1) is 3.62. The van der Waals surface area contributed by atoms with E-state index in [1.807, 2.05) is 13.8 Å². The van der Waals surface area contributed by atoms with E-state index >= 15 is 0 Å². The lowest BCUT2D eigenvalue weighted by atomic mass is 10.4. The molecular weight excluding hydrogens is 102 g/mol. The third-order valence-corrected chi connectivity index (χ3v) is 1.37. The Hall–Kier alpha value is -0.0800. The molecule has 0 aromatic heterocycles. The SMILES string of the molecule is CCC[N@+](C)([O-])CC. The molecule has 0 radical (unpaired) electrons. The fourth-order valence-corrected chi connectivity index (χ4v) is 0.631. The zero-order valence-electron chi connectivity index (χ0n) is 5.98. The van der Waals surface area contributed by atoms with Crippen LogP contribution in [0.3, 0.4) is 0 Å². The van der Waals surface area contributed by atoms with Gasteiger partial charge in [0.05, 0.1) is 20.1 Å². The summed E-state index contributed by atoms with van der Waals surface area (Å²) < 4.78 is -0.0868. The maximum atomic E-state index is 11.0. The lowest BCUT2D eigenvalue weighted by Gasteiger charge is -2.37. The molecule has 0 spiro atoms. The Balaban J connectivity index is 3.37. The van der Waals surface area contributed by atoms with Crippen molar-refractivity contribution >= 4 is 0 Å². The van der Waals surface area contributed by atoms with Crippen LogP contribution in [0.5, 0.6) is 0 Å². The number of hydrogen-bond acceptors (Lipinski definition) is 1. The van der Waals surface area contributed by atoms with Gasteiger partial charge in [0.1, 0.15) is 0 Å². The van der Waals surface area contributed by atoms with Crippen LogP contribution in [0, 0.1) is 5.21 Å². The maximum absolute atomic E-state index is 11.0. The van der Waals surface area contributed by atoms with Crippen molar-refractivity contribution in [3.05, 3.63) is 5.21 Å². The topological polar surface area (TPSA) is 23.1 Å². The van der Waals surface area contributed by atoms with Gasteiger partial charge in [-0.05, 0) is 13.3 Å². The monoisotopic (exact) mass is 117 g/mol. The Bertz CT molecular complexity index is 61.5. The first kappa shape index (κ1) is 7.92. The predicted octanol–water partition coefficient (Wildman–Crippen LogP) is 1.36. The van der Waals surface area contributed by atoms with Crippen LogP contribution in [0.2, 0.25) is 0 Å². The molecule has 2 nitrogen and oxygen atoms in total. The molecule has 0 saturated carbocycles. The van der Waals surface area contributed by atoms with Gasteiger partial charge in [0.15, 0.2) is 0 Å². The average Bonchev–Trinajstić information content (AvgIpc) is 1.67. The lowest BCUT2D eigenvalue weighted by Crippen LogP contribution is -2.37. The summed E-state index contributed by atoms with van der Waals surface area (Å²) in [6.07, 6.45) is 0.980. The Labute approximate surface area is 51.3 Å². The summed E-state index contributed by atoms with van der Waals surface area (Å²) in [5.74, 6) is 0. The van der Waals surface area contributed by atoms with Crippen LogP contribution in [0.1, 0.15) is 20.3 Å². The Morgan fingerprint density at radius 1 is 1.38 bits per heavy atom. The quantitative estimate of drug-likeness (QED) is 0.404. The van der Waals surface area contributed by atoms with Crippen LogP contribution in [0.15, 0.2) is 0 Å². The van der Waals surface area contributed by atoms with E-state index in [2.05, 4.69) is 0 Å². The van der Waals surface area contributed by atoms with Gasteiger partial charge in [-0.3, -0.25) is 0 Å². The second kappa shape index (κ2) is 3.05. The molecule has 0 aliphatic rings. The fourth-order valence-electron chi connectivity index (χ4n) is 0.631. The number of rotatable bonds is 3. The highest BCUT2D eigenvalue weighted by molar-refractivity contribution is 4.31. The minimum absolute atomic E-state index is 0.0868. The van der Waals surface area contributed by atoms with Crippen LogP contribution in [-0.2, 0) is 0 Å². The Morgan fingerprint density at radius 2 is 1.88 bits per heavy atom. The van der Waals surface area contributed by atoms with Gasteiger partial charge in [-0.15, -0.1) is 0 Å². The molecule has 0 unspecified atom stereocenters. The smallest absolute Gasteiger partial charge is 0.0779 e. The maximum Gasteiger partial charge on any atom is 0.0779 e. The molecule has 0 aromatic rings. The zero-order valence-corrected chi connectivity index (χ0v) is 5.98. The number of quaternary nitrogens is 1. The summed E-state index contributed by atoms with van der Waals surface area (Å²) in [6, 6.07) is 0. The van der Waals surface area contributed by atoms with Gasteiger partial charge >= 0.3 is 0 Å². The van der Waals surface area contributed by atoms with Gasteiger partial charge in [-0.2, -0.15) is 0 Å². The summed E-state index contributed by atoms with van der Waals surface area (Å²) in [5, 5.41) is 11.0. The van der Waals surface area contributed by atoms with Gasteiger partial charge in [0.25, 0.3) is 0 Å². The first-order valence-corrected chi connectivity index (χ1v) is 3.18. The van der Waals surface area contributed by atoms with E-state index in [4.69, 9.17) is 0 Å². The second-order valence-corrected chi connectivity index (χ2v) is 2.34. The van der Waals surface area contributed by atoms with Crippen molar-refractivity contribution in [3.8, 4) is 0 Å². The summed E-state index contributed by atoms with van der Waals surface area (Å²) in [5.41, 5.74) is 0. The lowest BCUT2D eigenvalue weighted by molar-refractivity contribution is -0.858. The van der Waals surface area contributed by atoms with Crippen LogP contribution in [-0.4, -0.2) is 24.8 Å². The predicted molar refractivity (Wildman–Crippen MR) is 35.3 cm³/mol. The number of hydroxylamine groups is 3.